The van der Waals surface area contributed by atoms with Crippen molar-refractivity contribution < 1.29 is 57.6 Å². The van der Waals surface area contributed by atoms with Gasteiger partial charge in [0.05, 0.1) is 62.0 Å². The molecule has 4 aliphatic heterocycles. The first kappa shape index (κ1) is 52.2. The second-order valence-electron chi connectivity index (χ2n) is 18.7. The molecule has 0 aromatic heterocycles. The zero-order chi connectivity index (χ0) is 51.6. The zero-order valence-corrected chi connectivity index (χ0v) is 41.2. The first-order valence-electron chi connectivity index (χ1n) is 24.1. The highest BCUT2D eigenvalue weighted by molar-refractivity contribution is 6.06. The molecule has 0 spiro atoms. The van der Waals surface area contributed by atoms with E-state index in [0.29, 0.717) is 84.8 Å². The van der Waals surface area contributed by atoms with Gasteiger partial charge in [-0.3, -0.25) is 24.2 Å². The molecule has 3 aromatic rings. The number of anilines is 2. The van der Waals surface area contributed by atoms with Crippen molar-refractivity contribution in [3.05, 3.63) is 89.5 Å². The van der Waals surface area contributed by atoms with E-state index in [1.807, 2.05) is 13.8 Å². The highest BCUT2D eigenvalue weighted by atomic mass is 16.6. The van der Waals surface area contributed by atoms with Gasteiger partial charge in [-0.2, -0.15) is 0 Å². The number of amides is 7. The van der Waals surface area contributed by atoms with Gasteiger partial charge in [-0.25, -0.2) is 14.5 Å². The van der Waals surface area contributed by atoms with Crippen LogP contribution in [0, 0.1) is 5.92 Å². The van der Waals surface area contributed by atoms with Crippen LogP contribution in [0.4, 0.5) is 26.7 Å². The summed E-state index contributed by atoms with van der Waals surface area (Å²) in [5.74, 6) is 0.195. The number of hydrogen-bond donors (Lipinski definition) is 5. The summed E-state index contributed by atoms with van der Waals surface area (Å²) in [6.07, 6.45) is 3.12. The van der Waals surface area contributed by atoms with Crippen LogP contribution in [0.2, 0.25) is 0 Å². The largest absolute Gasteiger partial charge is 0.493 e. The van der Waals surface area contributed by atoms with E-state index in [0.717, 1.165) is 10.5 Å². The number of carbonyl (C=O) groups is 6. The van der Waals surface area contributed by atoms with Crippen molar-refractivity contribution in [3.8, 4) is 23.0 Å². The average Bonchev–Trinajstić information content (AvgIpc) is 3.89. The van der Waals surface area contributed by atoms with Gasteiger partial charge in [-0.15, -0.1) is 0 Å². The maximum Gasteiger partial charge on any atom is 0.416 e. The van der Waals surface area contributed by atoms with Crippen molar-refractivity contribution in [2.24, 2.45) is 16.6 Å². The van der Waals surface area contributed by atoms with E-state index in [9.17, 15) is 33.9 Å². The lowest BCUT2D eigenvalue weighted by molar-refractivity contribution is -0.127. The molecule has 7 rings (SSSR count). The van der Waals surface area contributed by atoms with E-state index in [1.165, 1.54) is 31.3 Å². The third-order valence-corrected chi connectivity index (χ3v) is 12.7. The van der Waals surface area contributed by atoms with E-state index in [-0.39, 0.29) is 92.1 Å². The summed E-state index contributed by atoms with van der Waals surface area (Å²) < 4.78 is 29.4. The second kappa shape index (κ2) is 23.5. The van der Waals surface area contributed by atoms with Gasteiger partial charge in [0.2, 0.25) is 11.8 Å². The van der Waals surface area contributed by atoms with Crippen LogP contribution in [-0.4, -0.2) is 128 Å². The van der Waals surface area contributed by atoms with Gasteiger partial charge in [0.25, 0.3) is 11.8 Å². The molecule has 0 saturated carbocycles. The molecule has 2 fully saturated rings. The normalized spacial score (nSPS) is 18.3. The maximum absolute atomic E-state index is 14.1. The number of fused-ring (bicyclic) bond motifs is 4. The summed E-state index contributed by atoms with van der Waals surface area (Å²) in [4.78, 5) is 87.5. The van der Waals surface area contributed by atoms with E-state index < -0.39 is 42.3 Å². The molecule has 4 aliphatic rings. The van der Waals surface area contributed by atoms with Crippen LogP contribution >= 0.6 is 0 Å². The molecule has 6 N–H and O–H groups in total. The SMILES string of the molecule is C=C1CC2C=Nc3cc(OCCCCCOc4cc5c(cc4OC)C(=O)N4CC(=C)CC4C(O)N5C(=O)OCc4ccc(NC(=O)C(CCCNC(N)=O)NC(=O)CC(C)C)cc4)c(OC)cc3C(=O)N2C1. The van der Waals surface area contributed by atoms with Crippen molar-refractivity contribution in [2.75, 3.05) is 57.3 Å². The number of benzene rings is 3. The zero-order valence-electron chi connectivity index (χ0n) is 41.2. The Morgan fingerprint density at radius 3 is 2.14 bits per heavy atom. The summed E-state index contributed by atoms with van der Waals surface area (Å²) in [5.41, 5.74) is 8.97. The van der Waals surface area contributed by atoms with Gasteiger partial charge in [-0.05, 0) is 80.7 Å². The highest BCUT2D eigenvalue weighted by Gasteiger charge is 2.46. The number of hydrogen-bond acceptors (Lipinski definition) is 13. The smallest absolute Gasteiger partial charge is 0.416 e. The Morgan fingerprint density at radius 2 is 1.47 bits per heavy atom. The fraction of sp³-hybridized carbons (Fsp3) is 0.442. The van der Waals surface area contributed by atoms with Crippen molar-refractivity contribution in [2.45, 2.75) is 96.2 Å². The molecule has 384 valence electrons. The summed E-state index contributed by atoms with van der Waals surface area (Å²) in [6.45, 7) is 13.1. The van der Waals surface area contributed by atoms with Gasteiger partial charge in [0.15, 0.2) is 29.2 Å². The van der Waals surface area contributed by atoms with E-state index in [4.69, 9.17) is 29.4 Å². The summed E-state index contributed by atoms with van der Waals surface area (Å²) in [6, 6.07) is 10.4. The van der Waals surface area contributed by atoms with Gasteiger partial charge < -0.3 is 60.3 Å². The number of ether oxygens (including phenoxy) is 5. The fourth-order valence-electron chi connectivity index (χ4n) is 9.07. The highest BCUT2D eigenvalue weighted by Crippen LogP contribution is 2.43. The Bertz CT molecular complexity index is 2600. The molecule has 0 aliphatic carbocycles. The van der Waals surface area contributed by atoms with Crippen molar-refractivity contribution in [3.63, 3.8) is 0 Å². The van der Waals surface area contributed by atoms with Gasteiger partial charge >= 0.3 is 12.1 Å². The van der Waals surface area contributed by atoms with Crippen molar-refractivity contribution in [1.82, 2.24) is 20.4 Å². The molecular weight excluding hydrogens is 929 g/mol. The molecule has 0 radical (unpaired) electrons. The number of primary amides is 1. The number of nitrogens with zero attached hydrogens (tertiary/aromatic N) is 4. The quantitative estimate of drug-likeness (QED) is 0.0611. The molecule has 20 nitrogen and oxygen atoms in total. The standard InChI is InChI=1S/C52H64N8O12/c1-30(2)19-46(61)57-38(11-10-16-54-51(53)66)47(62)56-34-14-12-33(13-15-34)29-72-52(67)60-40-25-45(43(69-6)23-37(40)49(64)59-28-32(4)21-41(59)50(60)65)71-18-9-7-8-17-70-44-24-39-36(22-42(44)68-5)48(63)58-27-31(3)20-35(58)26-55-39/h12-15,22-26,30,35,38,41,50,65H,3-4,7-11,16-21,27-29H2,1-2,5-6H3,(H,56,62)(H,57,61)(H3,53,54,66). The number of nitrogens with one attached hydrogen (secondary N) is 3. The number of nitrogens with two attached hydrogens (primary N) is 1. The van der Waals surface area contributed by atoms with Crippen LogP contribution < -0.4 is 45.5 Å². The summed E-state index contributed by atoms with van der Waals surface area (Å²) in [7, 11) is 2.97. The average molecular weight is 993 g/mol. The lowest BCUT2D eigenvalue weighted by Crippen LogP contribution is -2.50. The summed E-state index contributed by atoms with van der Waals surface area (Å²) in [5, 5.41) is 19.9. The van der Waals surface area contributed by atoms with Gasteiger partial charge in [0.1, 0.15) is 12.6 Å². The first-order valence-corrected chi connectivity index (χ1v) is 24.1. The number of aliphatic imine (C=N–C) groups is 1. The van der Waals surface area contributed by atoms with Crippen LogP contribution in [0.5, 0.6) is 23.0 Å². The molecule has 3 aromatic carbocycles. The molecular formula is C52H64N8O12. The minimum Gasteiger partial charge on any atom is -0.493 e. The molecule has 0 bridgehead atoms. The van der Waals surface area contributed by atoms with Crippen LogP contribution in [0.1, 0.15) is 91.5 Å². The Kier molecular flexibility index (Phi) is 17.1. The number of methoxy groups -OCH3 is 2. The number of rotatable bonds is 21. The minimum absolute atomic E-state index is 0.0757. The predicted octanol–water partition coefficient (Wildman–Crippen LogP) is 5.98. The van der Waals surface area contributed by atoms with E-state index >= 15 is 0 Å². The number of carbonyl (C=O) groups excluding carboxylic acids is 6. The number of urea groups is 1. The monoisotopic (exact) mass is 992 g/mol. The summed E-state index contributed by atoms with van der Waals surface area (Å²) >= 11 is 0. The van der Waals surface area contributed by atoms with Crippen LogP contribution in [0.15, 0.2) is 77.8 Å². The van der Waals surface area contributed by atoms with Crippen molar-refractivity contribution in [1.29, 1.82) is 0 Å². The fourth-order valence-corrected chi connectivity index (χ4v) is 9.07. The molecule has 7 amide bonds. The number of aliphatic hydroxyl groups excluding tert-OH is 1. The van der Waals surface area contributed by atoms with Crippen molar-refractivity contribution >= 4 is 59.0 Å². The van der Waals surface area contributed by atoms with E-state index in [1.54, 1.807) is 47.5 Å². The third-order valence-electron chi connectivity index (χ3n) is 12.7. The molecule has 4 heterocycles. The Morgan fingerprint density at radius 1 is 0.833 bits per heavy atom. The minimum atomic E-state index is -1.51. The maximum atomic E-state index is 14.1. The van der Waals surface area contributed by atoms with Gasteiger partial charge in [0, 0.05) is 50.1 Å². The van der Waals surface area contributed by atoms with Gasteiger partial charge in [-0.1, -0.05) is 50.3 Å². The lowest BCUT2D eigenvalue weighted by Gasteiger charge is -2.31. The van der Waals surface area contributed by atoms with Crippen LogP contribution in [0.3, 0.4) is 0 Å². The molecule has 72 heavy (non-hydrogen) atoms. The topological polar surface area (TPSA) is 253 Å². The van der Waals surface area contributed by atoms with Crippen LogP contribution in [0.25, 0.3) is 0 Å². The molecule has 2 saturated heterocycles. The van der Waals surface area contributed by atoms with Crippen LogP contribution in [-0.2, 0) is 20.9 Å². The second-order valence-corrected chi connectivity index (χ2v) is 18.7. The first-order chi connectivity index (χ1) is 34.5. The molecule has 4 atom stereocenters. The number of unbranched alkanes of at least 4 members (excludes halogenated alkanes) is 2. The number of aliphatic hydroxyl groups is 1. The third kappa shape index (κ3) is 12.5. The Hall–Kier alpha value is -7.61. The Labute approximate surface area is 418 Å². The van der Waals surface area contributed by atoms with E-state index in [2.05, 4.69) is 34.1 Å². The molecule has 20 heteroatoms. The lowest BCUT2D eigenvalue weighted by atomic mass is 10.1. The Balaban J connectivity index is 0.975. The predicted molar refractivity (Wildman–Crippen MR) is 268 cm³/mol. The molecule has 4 unspecified atom stereocenters.